The minimum Gasteiger partial charge on any atom is -0.481 e. The molecule has 112 valence electrons. The normalized spacial score (nSPS) is 15.4. The van der Waals surface area contributed by atoms with E-state index in [1.165, 1.54) is 0 Å². The van der Waals surface area contributed by atoms with Crippen LogP contribution in [0.25, 0.3) is 0 Å². The molecule has 0 aromatic rings. The number of rotatable bonds is 9. The first-order chi connectivity index (χ1) is 8.86. The van der Waals surface area contributed by atoms with Gasteiger partial charge in [0.15, 0.2) is 0 Å². The molecule has 0 aromatic heterocycles. The van der Waals surface area contributed by atoms with E-state index in [9.17, 15) is 9.59 Å². The zero-order valence-electron chi connectivity index (χ0n) is 12.2. The summed E-state index contributed by atoms with van der Waals surface area (Å²) < 4.78 is 0. The lowest BCUT2D eigenvalue weighted by Gasteiger charge is -2.16. The molecule has 0 rings (SSSR count). The van der Waals surface area contributed by atoms with E-state index in [1.54, 1.807) is 18.7 Å². The van der Waals surface area contributed by atoms with E-state index in [4.69, 9.17) is 5.11 Å². The van der Waals surface area contributed by atoms with E-state index in [0.717, 1.165) is 12.8 Å². The van der Waals surface area contributed by atoms with Gasteiger partial charge in [-0.05, 0) is 26.0 Å². The molecule has 0 aliphatic heterocycles. The highest BCUT2D eigenvalue weighted by molar-refractivity contribution is 7.99. The Labute approximate surface area is 119 Å². The molecule has 0 saturated heterocycles. The average Bonchev–Trinajstić information content (AvgIpc) is 2.35. The van der Waals surface area contributed by atoms with E-state index in [1.807, 2.05) is 13.2 Å². The van der Waals surface area contributed by atoms with Crippen molar-refractivity contribution in [3.63, 3.8) is 0 Å². The van der Waals surface area contributed by atoms with E-state index < -0.39 is 5.97 Å². The van der Waals surface area contributed by atoms with Gasteiger partial charge in [-0.3, -0.25) is 4.79 Å². The lowest BCUT2D eigenvalue weighted by Crippen LogP contribution is -2.42. The largest absolute Gasteiger partial charge is 0.481 e. The molecule has 0 heterocycles. The van der Waals surface area contributed by atoms with Crippen molar-refractivity contribution >= 4 is 23.8 Å². The van der Waals surface area contributed by atoms with Crippen LogP contribution in [0.2, 0.25) is 0 Å². The third-order valence-corrected chi connectivity index (χ3v) is 4.00. The molecule has 0 aliphatic carbocycles. The van der Waals surface area contributed by atoms with Crippen molar-refractivity contribution in [2.75, 3.05) is 12.8 Å². The maximum atomic E-state index is 11.6. The van der Waals surface area contributed by atoms with E-state index in [0.29, 0.717) is 18.2 Å². The molecule has 3 atom stereocenters. The number of nitrogens with one attached hydrogen (secondary N) is 2. The van der Waals surface area contributed by atoms with Gasteiger partial charge in [0.1, 0.15) is 0 Å². The molecule has 3 N–H and O–H groups in total. The van der Waals surface area contributed by atoms with Crippen molar-refractivity contribution in [3.8, 4) is 0 Å². The third-order valence-electron chi connectivity index (χ3n) is 3.03. The fraction of sp³-hybridized carbons (Fsp3) is 0.846. The van der Waals surface area contributed by atoms with Crippen molar-refractivity contribution in [3.05, 3.63) is 0 Å². The van der Waals surface area contributed by atoms with E-state index in [2.05, 4.69) is 17.6 Å². The molecular formula is C13H26N2O3S. The Balaban J connectivity index is 3.70. The van der Waals surface area contributed by atoms with Crippen molar-refractivity contribution in [1.82, 2.24) is 10.6 Å². The average molecular weight is 290 g/mol. The predicted molar refractivity (Wildman–Crippen MR) is 79.6 cm³/mol. The molecule has 2 amide bonds. The number of carbonyl (C=O) groups is 2. The van der Waals surface area contributed by atoms with Crippen LogP contribution < -0.4 is 10.6 Å². The van der Waals surface area contributed by atoms with Crippen LogP contribution in [0.1, 0.15) is 40.0 Å². The number of carboxylic acids is 1. The zero-order chi connectivity index (χ0) is 14.8. The van der Waals surface area contributed by atoms with Crippen LogP contribution in [0.4, 0.5) is 4.79 Å². The Hall–Kier alpha value is -0.910. The van der Waals surface area contributed by atoms with E-state index >= 15 is 0 Å². The summed E-state index contributed by atoms with van der Waals surface area (Å²) in [6.07, 6.45) is 4.25. The summed E-state index contributed by atoms with van der Waals surface area (Å²) in [5, 5.41) is 14.8. The van der Waals surface area contributed by atoms with Gasteiger partial charge < -0.3 is 15.7 Å². The first kappa shape index (κ1) is 18.1. The number of carbonyl (C=O) groups excluding carboxylic acids is 1. The second kappa shape index (κ2) is 9.95. The summed E-state index contributed by atoms with van der Waals surface area (Å²) in [6.45, 7) is 6.34. The van der Waals surface area contributed by atoms with Crippen molar-refractivity contribution in [1.29, 1.82) is 0 Å². The predicted octanol–water partition coefficient (Wildman–Crippen LogP) is 2.32. The number of carboxylic acid groups (broad SMARTS) is 1. The Morgan fingerprint density at radius 3 is 2.37 bits per heavy atom. The zero-order valence-corrected chi connectivity index (χ0v) is 13.0. The molecule has 0 aromatic carbocycles. The lowest BCUT2D eigenvalue weighted by atomic mass is 10.0. The number of aliphatic carboxylic acids is 1. The summed E-state index contributed by atoms with van der Waals surface area (Å²) in [6, 6.07) is -0.0923. The van der Waals surface area contributed by atoms with Gasteiger partial charge >= 0.3 is 12.0 Å². The smallest absolute Gasteiger partial charge is 0.315 e. The summed E-state index contributed by atoms with van der Waals surface area (Å²) in [7, 11) is 0. The van der Waals surface area contributed by atoms with Crippen molar-refractivity contribution < 1.29 is 14.7 Å². The first-order valence-corrected chi connectivity index (χ1v) is 7.95. The van der Waals surface area contributed by atoms with Crippen LogP contribution in [0.15, 0.2) is 0 Å². The summed E-state index contributed by atoms with van der Waals surface area (Å²) >= 11 is 1.71. The fourth-order valence-electron chi connectivity index (χ4n) is 1.52. The number of hydrogen-bond acceptors (Lipinski definition) is 3. The van der Waals surface area contributed by atoms with Gasteiger partial charge in [0.2, 0.25) is 0 Å². The number of hydrogen-bond donors (Lipinski definition) is 3. The maximum Gasteiger partial charge on any atom is 0.315 e. The maximum absolute atomic E-state index is 11.6. The van der Waals surface area contributed by atoms with Gasteiger partial charge in [0.25, 0.3) is 0 Å². The Kier molecular flexibility index (Phi) is 9.47. The van der Waals surface area contributed by atoms with Crippen molar-refractivity contribution in [2.24, 2.45) is 5.92 Å². The molecule has 0 fully saturated rings. The summed E-state index contributed by atoms with van der Waals surface area (Å²) in [4.78, 5) is 22.2. The summed E-state index contributed by atoms with van der Waals surface area (Å²) in [5.74, 6) is -1.08. The SMILES string of the molecule is CSC(C)CNC(=O)NC(C)CCCC(C)C(=O)O. The minimum absolute atomic E-state index is 0.0607. The second-order valence-corrected chi connectivity index (χ2v) is 6.25. The molecule has 0 aliphatic rings. The molecule has 5 nitrogen and oxygen atoms in total. The van der Waals surface area contributed by atoms with Gasteiger partial charge in [-0.1, -0.05) is 20.3 Å². The van der Waals surface area contributed by atoms with E-state index in [-0.39, 0.29) is 18.0 Å². The molecule has 19 heavy (non-hydrogen) atoms. The Morgan fingerprint density at radius 1 is 1.21 bits per heavy atom. The number of urea groups is 1. The van der Waals surface area contributed by atoms with Gasteiger partial charge in [-0.2, -0.15) is 11.8 Å². The Bertz CT molecular complexity index is 287. The Morgan fingerprint density at radius 2 is 1.84 bits per heavy atom. The van der Waals surface area contributed by atoms with Crippen LogP contribution >= 0.6 is 11.8 Å². The molecule has 0 spiro atoms. The highest BCUT2D eigenvalue weighted by atomic mass is 32.2. The van der Waals surface area contributed by atoms with Crippen LogP contribution in [0.3, 0.4) is 0 Å². The first-order valence-electron chi connectivity index (χ1n) is 6.66. The van der Waals surface area contributed by atoms with Crippen LogP contribution in [-0.4, -0.2) is 41.2 Å². The van der Waals surface area contributed by atoms with Crippen LogP contribution in [0, 0.1) is 5.92 Å². The van der Waals surface area contributed by atoms with Crippen molar-refractivity contribution in [2.45, 2.75) is 51.3 Å². The quantitative estimate of drug-likeness (QED) is 0.609. The van der Waals surface area contributed by atoms with Gasteiger partial charge in [0.05, 0.1) is 5.92 Å². The second-order valence-electron chi connectivity index (χ2n) is 4.97. The van der Waals surface area contributed by atoms with Crippen LogP contribution in [0.5, 0.6) is 0 Å². The fourth-order valence-corrected chi connectivity index (χ4v) is 1.77. The van der Waals surface area contributed by atoms with Gasteiger partial charge in [0, 0.05) is 17.8 Å². The lowest BCUT2D eigenvalue weighted by molar-refractivity contribution is -0.141. The molecular weight excluding hydrogens is 264 g/mol. The molecule has 0 radical (unpaired) electrons. The monoisotopic (exact) mass is 290 g/mol. The highest BCUT2D eigenvalue weighted by Gasteiger charge is 2.12. The minimum atomic E-state index is -0.760. The number of thioether (sulfide) groups is 1. The molecule has 6 heteroatoms. The van der Waals surface area contributed by atoms with Gasteiger partial charge in [-0.25, -0.2) is 4.79 Å². The highest BCUT2D eigenvalue weighted by Crippen LogP contribution is 2.09. The molecule has 0 bridgehead atoms. The third kappa shape index (κ3) is 9.64. The summed E-state index contributed by atoms with van der Waals surface area (Å²) in [5.41, 5.74) is 0. The number of amides is 2. The van der Waals surface area contributed by atoms with Gasteiger partial charge in [-0.15, -0.1) is 0 Å². The van der Waals surface area contributed by atoms with Crippen LogP contribution in [-0.2, 0) is 4.79 Å². The standard InChI is InChI=1S/C13H26N2O3S/c1-9(12(16)17)6-5-7-10(2)15-13(18)14-8-11(3)19-4/h9-11H,5-8H2,1-4H3,(H,16,17)(H2,14,15,18). The molecule has 0 saturated carbocycles. The molecule has 3 unspecified atom stereocenters. The topological polar surface area (TPSA) is 78.4 Å².